The van der Waals surface area contributed by atoms with Gasteiger partial charge in [0.2, 0.25) is 9.84 Å². The second-order valence-corrected chi connectivity index (χ2v) is 7.01. The van der Waals surface area contributed by atoms with Crippen molar-refractivity contribution < 1.29 is 32.0 Å². The smallest absolute Gasteiger partial charge is 0.341 e. The van der Waals surface area contributed by atoms with Crippen molar-refractivity contribution in [2.24, 2.45) is 5.92 Å². The Bertz CT molecular complexity index is 738. The minimum atomic E-state index is -5.00. The summed E-state index contributed by atoms with van der Waals surface area (Å²) in [4.78, 5) is 20.5. The molecule has 1 rings (SSSR count). The molecular weight excluding hydrogens is 350 g/mol. The third kappa shape index (κ3) is 4.16. The lowest BCUT2D eigenvalue weighted by molar-refractivity contribution is -0.384. The monoisotopic (exact) mass is 366 g/mol. The van der Waals surface area contributed by atoms with Gasteiger partial charge in [-0.25, -0.2) is 13.2 Å². The zero-order chi connectivity index (χ0) is 18.7. The summed E-state index contributed by atoms with van der Waals surface area (Å²) in [6.07, 6.45) is 0.468. The average molecular weight is 366 g/mol. The molecule has 1 aromatic carbocycles. The summed E-state index contributed by atoms with van der Waals surface area (Å²) in [5.41, 5.74) is -1.06. The zero-order valence-corrected chi connectivity index (χ0v) is 13.6. The summed E-state index contributed by atoms with van der Waals surface area (Å²) in [6, 6.07) is 1.00. The molecule has 24 heavy (non-hydrogen) atoms. The maximum atomic E-state index is 12.5. The van der Waals surface area contributed by atoms with Crippen LogP contribution in [0.1, 0.15) is 20.3 Å². The first kappa shape index (κ1) is 19.7. The summed E-state index contributed by atoms with van der Waals surface area (Å²) < 4.78 is 47.9. The lowest BCUT2D eigenvalue weighted by Crippen LogP contribution is -2.35. The number of anilines is 1. The number of carbonyl (C=O) groups is 1. The van der Waals surface area contributed by atoms with Crippen molar-refractivity contribution in [3.05, 3.63) is 28.3 Å². The number of hydrogen-bond acceptors (Lipinski definition) is 6. The molecule has 134 valence electrons. The number of alkyl halides is 2. The summed E-state index contributed by atoms with van der Waals surface area (Å²) >= 11 is 0. The maximum Gasteiger partial charge on any atom is 0.341 e. The maximum absolute atomic E-state index is 12.5. The molecule has 0 fully saturated rings. The molecule has 0 heterocycles. The summed E-state index contributed by atoms with van der Waals surface area (Å²) in [6.45, 7) is 3.35. The quantitative estimate of drug-likeness (QED) is 0.534. The van der Waals surface area contributed by atoms with Crippen LogP contribution < -0.4 is 5.32 Å². The summed E-state index contributed by atoms with van der Waals surface area (Å²) in [7, 11) is -5.00. The van der Waals surface area contributed by atoms with E-state index in [1.54, 1.807) is 13.8 Å². The molecule has 0 unspecified atom stereocenters. The van der Waals surface area contributed by atoms with Gasteiger partial charge in [0.1, 0.15) is 11.7 Å². The lowest BCUT2D eigenvalue weighted by Gasteiger charge is -2.21. The van der Waals surface area contributed by atoms with Crippen molar-refractivity contribution in [2.45, 2.75) is 37.0 Å². The van der Waals surface area contributed by atoms with E-state index in [4.69, 9.17) is 0 Å². The predicted octanol–water partition coefficient (Wildman–Crippen LogP) is 2.50. The van der Waals surface area contributed by atoms with E-state index in [1.807, 2.05) is 0 Å². The van der Waals surface area contributed by atoms with Crippen LogP contribution >= 0.6 is 0 Å². The number of sulfone groups is 1. The van der Waals surface area contributed by atoms with Crippen LogP contribution in [0.15, 0.2) is 23.1 Å². The first-order valence-corrected chi connectivity index (χ1v) is 8.36. The highest BCUT2D eigenvalue weighted by Gasteiger charge is 2.31. The normalized spacial score (nSPS) is 14.2. The van der Waals surface area contributed by atoms with Crippen LogP contribution in [-0.2, 0) is 14.6 Å². The van der Waals surface area contributed by atoms with Crippen molar-refractivity contribution in [1.82, 2.24) is 0 Å². The minimum absolute atomic E-state index is 0.263. The van der Waals surface area contributed by atoms with Crippen LogP contribution in [0.5, 0.6) is 0 Å². The molecule has 2 N–H and O–H groups in total. The fourth-order valence-corrected chi connectivity index (χ4v) is 2.65. The first-order valence-electron chi connectivity index (χ1n) is 6.82. The van der Waals surface area contributed by atoms with Gasteiger partial charge in [0.25, 0.3) is 5.69 Å². The van der Waals surface area contributed by atoms with Crippen LogP contribution in [0.2, 0.25) is 0 Å². The zero-order valence-electron chi connectivity index (χ0n) is 12.8. The molecule has 2 atom stereocenters. The number of hydrogen-bond donors (Lipinski definition) is 2. The molecule has 0 bridgehead atoms. The number of aliphatic carboxylic acids is 1. The third-order valence-electron chi connectivity index (χ3n) is 3.52. The topological polar surface area (TPSA) is 127 Å². The van der Waals surface area contributed by atoms with Crippen molar-refractivity contribution in [2.75, 3.05) is 5.32 Å². The Hall–Kier alpha value is -2.30. The van der Waals surface area contributed by atoms with Gasteiger partial charge in [0.15, 0.2) is 0 Å². The Morgan fingerprint density at radius 3 is 2.42 bits per heavy atom. The number of rotatable bonds is 8. The molecule has 8 nitrogen and oxygen atoms in total. The van der Waals surface area contributed by atoms with E-state index >= 15 is 0 Å². The van der Waals surface area contributed by atoms with E-state index in [9.17, 15) is 37.2 Å². The Morgan fingerprint density at radius 1 is 1.42 bits per heavy atom. The Kier molecular flexibility index (Phi) is 6.18. The molecule has 11 heteroatoms. The SMILES string of the molecule is CC[C@H](C)[C@H](Nc1ccc(S(=O)(=O)C(F)F)cc1[N+](=O)[O-])C(=O)O. The molecule has 1 aromatic rings. The van der Waals surface area contributed by atoms with Gasteiger partial charge in [-0.05, 0) is 18.1 Å². The van der Waals surface area contributed by atoms with Crippen molar-refractivity contribution in [3.63, 3.8) is 0 Å². The predicted molar refractivity (Wildman–Crippen MR) is 80.8 cm³/mol. The average Bonchev–Trinajstić information content (AvgIpc) is 2.50. The van der Waals surface area contributed by atoms with Gasteiger partial charge < -0.3 is 10.4 Å². The summed E-state index contributed by atoms with van der Waals surface area (Å²) in [5.74, 6) is -5.35. The van der Waals surface area contributed by atoms with E-state index in [0.29, 0.717) is 12.5 Å². The van der Waals surface area contributed by atoms with E-state index in [1.165, 1.54) is 0 Å². The number of benzene rings is 1. The lowest BCUT2D eigenvalue weighted by atomic mass is 9.99. The third-order valence-corrected chi connectivity index (χ3v) is 4.90. The fourth-order valence-electron chi connectivity index (χ4n) is 1.92. The molecule has 0 saturated carbocycles. The van der Waals surface area contributed by atoms with E-state index in [-0.39, 0.29) is 11.6 Å². The fraction of sp³-hybridized carbons (Fsp3) is 0.462. The van der Waals surface area contributed by atoms with E-state index < -0.39 is 43.1 Å². The second kappa shape index (κ2) is 7.51. The molecule has 0 aliphatic heterocycles. The van der Waals surface area contributed by atoms with Gasteiger partial charge >= 0.3 is 11.7 Å². The van der Waals surface area contributed by atoms with Gasteiger partial charge in [0.05, 0.1) is 9.82 Å². The number of carboxylic acid groups (broad SMARTS) is 1. The highest BCUT2D eigenvalue weighted by Crippen LogP contribution is 2.31. The number of nitro benzene ring substituents is 1. The second-order valence-electron chi connectivity index (χ2n) is 5.09. The van der Waals surface area contributed by atoms with E-state index in [2.05, 4.69) is 5.32 Å². The minimum Gasteiger partial charge on any atom is -0.480 e. The standard InChI is InChI=1S/C13H16F2N2O6S/c1-3-7(2)11(12(18)19)16-9-5-4-8(6-10(9)17(20)21)24(22,23)13(14)15/h4-7,11,13,16H,3H2,1-2H3,(H,18,19)/t7-,11-/m0/s1. The molecule has 0 saturated heterocycles. The van der Waals surface area contributed by atoms with Crippen molar-refractivity contribution >= 4 is 27.2 Å². The molecule has 0 aliphatic rings. The largest absolute Gasteiger partial charge is 0.480 e. The number of nitro groups is 1. The number of nitrogens with zero attached hydrogens (tertiary/aromatic N) is 1. The molecular formula is C13H16F2N2O6S. The van der Waals surface area contributed by atoms with Gasteiger partial charge in [-0.3, -0.25) is 10.1 Å². The Labute approximate surface area is 136 Å². The van der Waals surface area contributed by atoms with Crippen LogP contribution in [-0.4, -0.2) is 36.2 Å². The number of carboxylic acids is 1. The van der Waals surface area contributed by atoms with Gasteiger partial charge in [0, 0.05) is 6.07 Å². The first-order chi connectivity index (χ1) is 11.0. The van der Waals surface area contributed by atoms with Crippen LogP contribution in [0.25, 0.3) is 0 Å². The molecule has 0 radical (unpaired) electrons. The Balaban J connectivity index is 3.36. The number of nitrogens with one attached hydrogen (secondary N) is 1. The summed E-state index contributed by atoms with van der Waals surface area (Å²) in [5, 5.41) is 22.8. The molecule has 0 amide bonds. The highest BCUT2D eigenvalue weighted by molar-refractivity contribution is 7.91. The van der Waals surface area contributed by atoms with Crippen LogP contribution in [0.3, 0.4) is 0 Å². The highest BCUT2D eigenvalue weighted by atomic mass is 32.2. The van der Waals surface area contributed by atoms with E-state index in [0.717, 1.165) is 12.1 Å². The van der Waals surface area contributed by atoms with Gasteiger partial charge in [-0.1, -0.05) is 20.3 Å². The van der Waals surface area contributed by atoms with Gasteiger partial charge in [-0.2, -0.15) is 8.78 Å². The van der Waals surface area contributed by atoms with Crippen LogP contribution in [0.4, 0.5) is 20.2 Å². The number of halogens is 2. The van der Waals surface area contributed by atoms with Crippen molar-refractivity contribution in [3.8, 4) is 0 Å². The Morgan fingerprint density at radius 2 is 2.00 bits per heavy atom. The molecule has 0 spiro atoms. The van der Waals surface area contributed by atoms with Gasteiger partial charge in [-0.15, -0.1) is 0 Å². The molecule has 0 aromatic heterocycles. The molecule has 0 aliphatic carbocycles. The van der Waals surface area contributed by atoms with Crippen LogP contribution in [0, 0.1) is 16.0 Å². The van der Waals surface area contributed by atoms with Crippen molar-refractivity contribution in [1.29, 1.82) is 0 Å².